The van der Waals surface area contributed by atoms with Crippen LogP contribution in [0.1, 0.15) is 21.5 Å². The van der Waals surface area contributed by atoms with Crippen LogP contribution in [0.2, 0.25) is 0 Å². The molecule has 6 heteroatoms. The van der Waals surface area contributed by atoms with Gasteiger partial charge in [0.25, 0.3) is 0 Å². The van der Waals surface area contributed by atoms with Gasteiger partial charge in [0, 0.05) is 32.6 Å². The number of thiophene rings is 1. The molecule has 0 saturated heterocycles. The van der Waals surface area contributed by atoms with Crippen molar-refractivity contribution in [3.63, 3.8) is 0 Å². The maximum absolute atomic E-state index is 12.3. The van der Waals surface area contributed by atoms with Crippen molar-refractivity contribution in [2.45, 2.75) is 13.2 Å². The minimum absolute atomic E-state index is 0.489. The normalized spacial score (nSPS) is 10.9. The van der Waals surface area contributed by atoms with Crippen molar-refractivity contribution in [2.75, 3.05) is 20.2 Å². The van der Waals surface area contributed by atoms with Crippen LogP contribution in [0.15, 0.2) is 121 Å². The van der Waals surface area contributed by atoms with Gasteiger partial charge < -0.3 is 19.5 Å². The maximum Gasteiger partial charge on any atom is 0.150 e. The van der Waals surface area contributed by atoms with E-state index in [-0.39, 0.29) is 0 Å². The number of fused-ring (bicyclic) bond motifs is 1. The summed E-state index contributed by atoms with van der Waals surface area (Å²) in [5, 5.41) is 4.16. The maximum atomic E-state index is 12.3. The Hall–Kier alpha value is -4.91. The van der Waals surface area contributed by atoms with Gasteiger partial charge in [-0.05, 0) is 90.0 Å². The molecule has 0 bridgehead atoms. The molecule has 1 heterocycles. The van der Waals surface area contributed by atoms with Crippen LogP contribution in [0, 0.1) is 0 Å². The zero-order valence-electron chi connectivity index (χ0n) is 24.5. The third-order valence-corrected chi connectivity index (χ3v) is 8.52. The van der Waals surface area contributed by atoms with Crippen LogP contribution in [0.5, 0.6) is 17.2 Å². The van der Waals surface area contributed by atoms with E-state index in [1.807, 2.05) is 79.8 Å². The van der Waals surface area contributed by atoms with E-state index in [4.69, 9.17) is 14.2 Å². The minimum atomic E-state index is 0.489. The Balaban J connectivity index is 1.38. The molecule has 5 nitrogen and oxygen atoms in total. The summed E-state index contributed by atoms with van der Waals surface area (Å²) in [6.07, 6.45) is 0.915. The van der Waals surface area contributed by atoms with Crippen LogP contribution < -0.4 is 19.5 Å². The van der Waals surface area contributed by atoms with Crippen molar-refractivity contribution in [1.29, 1.82) is 0 Å². The molecule has 0 atom stereocenters. The molecule has 0 amide bonds. The van der Waals surface area contributed by atoms with Gasteiger partial charge in [0.2, 0.25) is 0 Å². The molecule has 0 aliphatic carbocycles. The minimum Gasteiger partial charge on any atom is -0.492 e. The highest BCUT2D eigenvalue weighted by molar-refractivity contribution is 7.23. The molecule has 5 aromatic carbocycles. The summed E-state index contributed by atoms with van der Waals surface area (Å²) in [5.74, 6) is 2.31. The second-order valence-corrected chi connectivity index (χ2v) is 11.4. The topological polar surface area (TPSA) is 56.8 Å². The van der Waals surface area contributed by atoms with Gasteiger partial charge in [0.15, 0.2) is 6.29 Å². The van der Waals surface area contributed by atoms with E-state index in [1.54, 1.807) is 11.3 Å². The number of carbonyl (C=O) groups excluding carboxylic acids is 1. The Kier molecular flexibility index (Phi) is 9.31. The molecule has 6 aromatic rings. The summed E-state index contributed by atoms with van der Waals surface area (Å²) in [5.41, 5.74) is 5.72. The van der Waals surface area contributed by atoms with Crippen LogP contribution in [-0.4, -0.2) is 26.5 Å². The summed E-state index contributed by atoms with van der Waals surface area (Å²) >= 11 is 1.68. The predicted octanol–water partition coefficient (Wildman–Crippen LogP) is 8.80. The molecular weight excluding hydrogens is 566 g/mol. The van der Waals surface area contributed by atoms with Gasteiger partial charge >= 0.3 is 0 Å². The van der Waals surface area contributed by atoms with E-state index in [0.29, 0.717) is 25.4 Å². The lowest BCUT2D eigenvalue weighted by Gasteiger charge is -2.13. The van der Waals surface area contributed by atoms with Gasteiger partial charge in [-0.3, -0.25) is 4.79 Å². The smallest absolute Gasteiger partial charge is 0.150 e. The number of hydrogen-bond donors (Lipinski definition) is 1. The molecule has 0 unspecified atom stereocenters. The summed E-state index contributed by atoms with van der Waals surface area (Å²) in [4.78, 5) is 13.4. The lowest BCUT2D eigenvalue weighted by Crippen LogP contribution is -2.15. The highest BCUT2D eigenvalue weighted by Crippen LogP contribution is 2.47. The number of rotatable bonds is 13. The molecule has 0 radical (unpaired) electrons. The average Bonchev–Trinajstić information content (AvgIpc) is 3.46. The fourth-order valence-electron chi connectivity index (χ4n) is 5.04. The largest absolute Gasteiger partial charge is 0.492 e. The van der Waals surface area contributed by atoms with Crippen LogP contribution in [0.4, 0.5) is 0 Å². The zero-order chi connectivity index (χ0) is 30.1. The van der Waals surface area contributed by atoms with Crippen LogP contribution in [-0.2, 0) is 13.2 Å². The molecule has 1 N–H and O–H groups in total. The van der Waals surface area contributed by atoms with Gasteiger partial charge in [-0.15, -0.1) is 11.3 Å². The number of benzene rings is 5. The number of nitrogens with one attached hydrogen (secondary N) is 1. The summed E-state index contributed by atoms with van der Waals surface area (Å²) in [6.45, 7) is 2.24. The van der Waals surface area contributed by atoms with Crippen molar-refractivity contribution < 1.29 is 19.0 Å². The molecule has 6 rings (SSSR count). The van der Waals surface area contributed by atoms with Gasteiger partial charge in [0.1, 0.15) is 37.1 Å². The number of ether oxygens (including phenoxy) is 3. The molecule has 0 fully saturated rings. The Labute approximate surface area is 261 Å². The summed E-state index contributed by atoms with van der Waals surface area (Å²) < 4.78 is 19.3. The average molecular weight is 600 g/mol. The lowest BCUT2D eigenvalue weighted by molar-refractivity contribution is 0.112. The van der Waals surface area contributed by atoms with Gasteiger partial charge in [-0.1, -0.05) is 60.7 Å². The second-order valence-electron chi connectivity index (χ2n) is 10.4. The van der Waals surface area contributed by atoms with E-state index in [0.717, 1.165) is 72.9 Å². The molecule has 1 aromatic heterocycles. The lowest BCUT2D eigenvalue weighted by atomic mass is 9.95. The molecule has 44 heavy (non-hydrogen) atoms. The van der Waals surface area contributed by atoms with E-state index in [2.05, 4.69) is 53.8 Å². The number of aldehydes is 1. The molecule has 0 saturated carbocycles. The monoisotopic (exact) mass is 599 g/mol. The second kappa shape index (κ2) is 14.0. The van der Waals surface area contributed by atoms with Crippen molar-refractivity contribution in [1.82, 2.24) is 5.32 Å². The quantitative estimate of drug-likeness (QED) is 0.106. The molecular formula is C38H33NO4S. The first kappa shape index (κ1) is 29.2. The number of carbonyl (C=O) groups is 1. The number of hydrogen-bond acceptors (Lipinski definition) is 6. The Morgan fingerprint density at radius 3 is 1.95 bits per heavy atom. The molecule has 0 spiro atoms. The van der Waals surface area contributed by atoms with Crippen LogP contribution in [0.25, 0.3) is 31.7 Å². The van der Waals surface area contributed by atoms with E-state index in [1.165, 1.54) is 0 Å². The summed E-state index contributed by atoms with van der Waals surface area (Å²) in [7, 11) is 1.89. The van der Waals surface area contributed by atoms with Crippen molar-refractivity contribution >= 4 is 27.7 Å². The van der Waals surface area contributed by atoms with Crippen LogP contribution in [0.3, 0.4) is 0 Å². The predicted molar refractivity (Wildman–Crippen MR) is 179 cm³/mol. The fraction of sp³-hybridized carbons (Fsp3) is 0.132. The highest BCUT2D eigenvalue weighted by atomic mass is 32.1. The fourth-order valence-corrected chi connectivity index (χ4v) is 6.29. The standard InChI is InChI=1S/C38H33NO4S/c1-39-20-21-41-32-17-14-30(24-40)35(22-32)37-34-19-18-33(43-26-28-10-6-3-7-11-28)23-36(34)44-38(37)29-12-15-31(16-13-29)42-25-27-8-4-2-5-9-27/h2-19,22-24,39H,20-21,25-26H2,1H3. The van der Waals surface area contributed by atoms with Crippen molar-refractivity contribution in [3.8, 4) is 38.8 Å². The van der Waals surface area contributed by atoms with Crippen molar-refractivity contribution in [2.24, 2.45) is 0 Å². The first-order valence-electron chi connectivity index (χ1n) is 14.6. The highest BCUT2D eigenvalue weighted by Gasteiger charge is 2.20. The van der Waals surface area contributed by atoms with E-state index >= 15 is 0 Å². The van der Waals surface area contributed by atoms with Gasteiger partial charge in [-0.2, -0.15) is 0 Å². The van der Waals surface area contributed by atoms with Gasteiger partial charge in [0.05, 0.1) is 0 Å². The van der Waals surface area contributed by atoms with Crippen molar-refractivity contribution in [3.05, 3.63) is 138 Å². The third kappa shape index (κ3) is 6.83. The van der Waals surface area contributed by atoms with E-state index in [9.17, 15) is 4.79 Å². The Bertz CT molecular complexity index is 1830. The zero-order valence-corrected chi connectivity index (χ0v) is 25.3. The Morgan fingerprint density at radius 1 is 0.682 bits per heavy atom. The SMILES string of the molecule is CNCCOc1ccc(C=O)c(-c2c(-c3ccc(OCc4ccccc4)cc3)sc3cc(OCc4ccccc4)ccc23)c1. The molecule has 0 aliphatic rings. The van der Waals surface area contributed by atoms with Crippen LogP contribution >= 0.6 is 11.3 Å². The first-order valence-corrected chi connectivity index (χ1v) is 15.4. The first-order chi connectivity index (χ1) is 21.7. The van der Waals surface area contributed by atoms with Gasteiger partial charge in [-0.25, -0.2) is 0 Å². The summed E-state index contributed by atoms with van der Waals surface area (Å²) in [6, 6.07) is 40.3. The molecule has 220 valence electrons. The number of likely N-dealkylation sites (N-methyl/N-ethyl adjacent to an activating group) is 1. The third-order valence-electron chi connectivity index (χ3n) is 7.32. The molecule has 0 aliphatic heterocycles. The van der Waals surface area contributed by atoms with E-state index < -0.39 is 0 Å². The Morgan fingerprint density at radius 2 is 1.30 bits per heavy atom.